The Morgan fingerprint density at radius 3 is 2.92 bits per heavy atom. The number of aromatic nitrogens is 2. The van der Waals surface area contributed by atoms with Gasteiger partial charge in [0.15, 0.2) is 5.82 Å². The normalized spacial score (nSPS) is 13.2. The van der Waals surface area contributed by atoms with Crippen molar-refractivity contribution in [3.8, 4) is 0 Å². The zero-order chi connectivity index (χ0) is 9.68. The first-order chi connectivity index (χ1) is 6.22. The monoisotopic (exact) mass is 201 g/mol. The van der Waals surface area contributed by atoms with Gasteiger partial charge < -0.3 is 10.3 Å². The van der Waals surface area contributed by atoms with Gasteiger partial charge in [0.25, 0.3) is 0 Å². The van der Waals surface area contributed by atoms with Gasteiger partial charge in [-0.05, 0) is 19.9 Å². The van der Waals surface area contributed by atoms with Crippen LogP contribution >= 0.6 is 11.8 Å². The lowest BCUT2D eigenvalue weighted by Crippen LogP contribution is -2.07. The minimum absolute atomic E-state index is 0.553. The van der Waals surface area contributed by atoms with E-state index in [9.17, 15) is 0 Å². The molecule has 0 aliphatic heterocycles. The first-order valence-electron chi connectivity index (χ1n) is 4.33. The molecule has 0 fully saturated rings. The van der Waals surface area contributed by atoms with Crippen molar-refractivity contribution in [2.24, 2.45) is 5.73 Å². The van der Waals surface area contributed by atoms with E-state index < -0.39 is 0 Å². The van der Waals surface area contributed by atoms with Gasteiger partial charge in [-0.15, -0.1) is 11.8 Å². The van der Waals surface area contributed by atoms with Crippen molar-refractivity contribution >= 4 is 11.8 Å². The lowest BCUT2D eigenvalue weighted by molar-refractivity contribution is 0.387. The Kier molecular flexibility index (Phi) is 4.24. The Bertz CT molecular complexity index is 251. The smallest absolute Gasteiger partial charge is 0.236 e. The van der Waals surface area contributed by atoms with E-state index in [2.05, 4.69) is 17.1 Å². The van der Waals surface area contributed by atoms with Gasteiger partial charge in [-0.2, -0.15) is 4.98 Å². The van der Waals surface area contributed by atoms with Crippen molar-refractivity contribution in [2.45, 2.75) is 31.3 Å². The summed E-state index contributed by atoms with van der Waals surface area (Å²) >= 11 is 1.79. The molecule has 0 spiro atoms. The molecular formula is C8H15N3OS. The summed E-state index contributed by atoms with van der Waals surface area (Å²) < 4.78 is 4.98. The molecule has 0 saturated carbocycles. The SMILES string of the molecule is Cc1noc(CSC(C)CCN)n1. The Morgan fingerprint density at radius 1 is 1.62 bits per heavy atom. The average molecular weight is 201 g/mol. The highest BCUT2D eigenvalue weighted by Gasteiger charge is 2.06. The molecule has 0 aromatic carbocycles. The predicted molar refractivity (Wildman–Crippen MR) is 53.5 cm³/mol. The Morgan fingerprint density at radius 2 is 2.38 bits per heavy atom. The highest BCUT2D eigenvalue weighted by Crippen LogP contribution is 2.18. The van der Waals surface area contributed by atoms with Crippen LogP contribution in [-0.4, -0.2) is 21.9 Å². The largest absolute Gasteiger partial charge is 0.338 e. The van der Waals surface area contributed by atoms with E-state index in [-0.39, 0.29) is 0 Å². The third-order valence-electron chi connectivity index (χ3n) is 1.63. The van der Waals surface area contributed by atoms with Gasteiger partial charge in [0, 0.05) is 5.25 Å². The molecule has 1 aromatic heterocycles. The van der Waals surface area contributed by atoms with Crippen LogP contribution in [0.15, 0.2) is 4.52 Å². The van der Waals surface area contributed by atoms with E-state index in [1.54, 1.807) is 11.8 Å². The fourth-order valence-corrected chi connectivity index (χ4v) is 1.78. The number of thioether (sulfide) groups is 1. The number of aryl methyl sites for hydroxylation is 1. The van der Waals surface area contributed by atoms with E-state index in [0.717, 1.165) is 18.7 Å². The molecule has 5 heteroatoms. The maximum absolute atomic E-state index is 5.44. The summed E-state index contributed by atoms with van der Waals surface area (Å²) in [4.78, 5) is 4.11. The minimum atomic E-state index is 0.553. The van der Waals surface area contributed by atoms with Gasteiger partial charge in [-0.25, -0.2) is 0 Å². The van der Waals surface area contributed by atoms with Gasteiger partial charge in [0.2, 0.25) is 5.89 Å². The van der Waals surface area contributed by atoms with Crippen LogP contribution in [0.2, 0.25) is 0 Å². The second-order valence-corrected chi connectivity index (χ2v) is 4.36. The van der Waals surface area contributed by atoms with E-state index >= 15 is 0 Å². The molecule has 74 valence electrons. The highest BCUT2D eigenvalue weighted by atomic mass is 32.2. The molecule has 0 aliphatic rings. The second-order valence-electron chi connectivity index (χ2n) is 2.93. The Labute approximate surface area is 82.3 Å². The molecular weight excluding hydrogens is 186 g/mol. The molecule has 0 radical (unpaired) electrons. The predicted octanol–water partition coefficient (Wildman–Crippen LogP) is 1.35. The number of nitrogens with zero attached hydrogens (tertiary/aromatic N) is 2. The molecule has 4 nitrogen and oxygen atoms in total. The van der Waals surface area contributed by atoms with Crippen molar-refractivity contribution in [2.75, 3.05) is 6.54 Å². The van der Waals surface area contributed by atoms with Crippen LogP contribution in [0.3, 0.4) is 0 Å². The molecule has 0 bridgehead atoms. The van der Waals surface area contributed by atoms with Crippen LogP contribution in [0, 0.1) is 6.92 Å². The summed E-state index contributed by atoms with van der Waals surface area (Å²) in [5, 5.41) is 4.27. The van der Waals surface area contributed by atoms with Crippen LogP contribution in [0.1, 0.15) is 25.1 Å². The molecule has 13 heavy (non-hydrogen) atoms. The summed E-state index contributed by atoms with van der Waals surface area (Å²) in [6.45, 7) is 4.71. The lowest BCUT2D eigenvalue weighted by Gasteiger charge is -2.06. The molecule has 1 unspecified atom stereocenters. The molecule has 2 N–H and O–H groups in total. The fourth-order valence-electron chi connectivity index (χ4n) is 0.930. The van der Waals surface area contributed by atoms with Crippen molar-refractivity contribution in [1.29, 1.82) is 0 Å². The molecule has 1 aromatic rings. The summed E-state index contributed by atoms with van der Waals surface area (Å²) in [7, 11) is 0. The third kappa shape index (κ3) is 3.78. The average Bonchev–Trinajstić information content (AvgIpc) is 2.49. The van der Waals surface area contributed by atoms with Gasteiger partial charge in [0.1, 0.15) is 0 Å². The summed E-state index contributed by atoms with van der Waals surface area (Å²) in [6, 6.07) is 0. The van der Waals surface area contributed by atoms with E-state index in [4.69, 9.17) is 10.3 Å². The van der Waals surface area contributed by atoms with Crippen LogP contribution in [0.4, 0.5) is 0 Å². The standard InChI is InChI=1S/C8H15N3OS/c1-6(3-4-9)13-5-8-10-7(2)11-12-8/h6H,3-5,9H2,1-2H3. The number of hydrogen-bond donors (Lipinski definition) is 1. The van der Waals surface area contributed by atoms with Crippen molar-refractivity contribution in [3.63, 3.8) is 0 Å². The Hall–Kier alpha value is -0.550. The van der Waals surface area contributed by atoms with Gasteiger partial charge in [-0.1, -0.05) is 12.1 Å². The van der Waals surface area contributed by atoms with Crippen molar-refractivity contribution in [1.82, 2.24) is 10.1 Å². The van der Waals surface area contributed by atoms with Crippen molar-refractivity contribution in [3.05, 3.63) is 11.7 Å². The first-order valence-corrected chi connectivity index (χ1v) is 5.38. The van der Waals surface area contributed by atoms with Gasteiger partial charge >= 0.3 is 0 Å². The van der Waals surface area contributed by atoms with Crippen LogP contribution in [0.25, 0.3) is 0 Å². The summed E-state index contributed by atoms with van der Waals surface area (Å²) in [5.41, 5.74) is 5.44. The van der Waals surface area contributed by atoms with Crippen LogP contribution < -0.4 is 5.73 Å². The molecule has 0 amide bonds. The zero-order valence-electron chi connectivity index (χ0n) is 7.99. The number of nitrogens with two attached hydrogens (primary N) is 1. The summed E-state index contributed by atoms with van der Waals surface area (Å²) in [6.07, 6.45) is 1.03. The molecule has 1 heterocycles. The summed E-state index contributed by atoms with van der Waals surface area (Å²) in [5.74, 6) is 2.18. The molecule has 0 aliphatic carbocycles. The quantitative estimate of drug-likeness (QED) is 0.779. The third-order valence-corrected chi connectivity index (χ3v) is 2.85. The van der Waals surface area contributed by atoms with E-state index in [1.165, 1.54) is 0 Å². The first kappa shape index (κ1) is 10.5. The molecule has 1 atom stereocenters. The van der Waals surface area contributed by atoms with E-state index in [0.29, 0.717) is 17.0 Å². The van der Waals surface area contributed by atoms with Gasteiger partial charge in [0.05, 0.1) is 5.75 Å². The lowest BCUT2D eigenvalue weighted by atomic mass is 10.3. The van der Waals surface area contributed by atoms with Crippen molar-refractivity contribution < 1.29 is 4.52 Å². The van der Waals surface area contributed by atoms with E-state index in [1.807, 2.05) is 6.92 Å². The van der Waals surface area contributed by atoms with Gasteiger partial charge in [-0.3, -0.25) is 0 Å². The zero-order valence-corrected chi connectivity index (χ0v) is 8.80. The maximum Gasteiger partial charge on any atom is 0.236 e. The maximum atomic E-state index is 5.44. The topological polar surface area (TPSA) is 64.9 Å². The molecule has 1 rings (SSSR count). The van der Waals surface area contributed by atoms with Crippen LogP contribution in [-0.2, 0) is 5.75 Å². The second kappa shape index (κ2) is 5.24. The fraction of sp³-hybridized carbons (Fsp3) is 0.750. The molecule has 0 saturated heterocycles. The Balaban J connectivity index is 2.26. The minimum Gasteiger partial charge on any atom is -0.338 e. The highest BCUT2D eigenvalue weighted by molar-refractivity contribution is 7.99. The number of hydrogen-bond acceptors (Lipinski definition) is 5. The number of rotatable bonds is 5. The van der Waals surface area contributed by atoms with Crippen LogP contribution in [0.5, 0.6) is 0 Å².